The Balaban J connectivity index is 1.78. The van der Waals surface area contributed by atoms with Gasteiger partial charge in [-0.05, 0) is 37.1 Å². The van der Waals surface area contributed by atoms with Gasteiger partial charge in [-0.3, -0.25) is 4.79 Å². The average molecular weight is 304 g/mol. The van der Waals surface area contributed by atoms with E-state index in [1.54, 1.807) is 0 Å². The lowest BCUT2D eigenvalue weighted by Crippen LogP contribution is -2.32. The van der Waals surface area contributed by atoms with E-state index in [0.29, 0.717) is 17.4 Å². The topological polar surface area (TPSA) is 70.1 Å². The minimum Gasteiger partial charge on any atom is -0.508 e. The molecular formula is C16H20N2O4. The lowest BCUT2D eigenvalue weighted by molar-refractivity contribution is 0.0600. The van der Waals surface area contributed by atoms with Gasteiger partial charge < -0.3 is 19.6 Å². The smallest absolute Gasteiger partial charge is 0.338 e. The van der Waals surface area contributed by atoms with Crippen LogP contribution in [-0.4, -0.2) is 67.1 Å². The fourth-order valence-electron chi connectivity index (χ4n) is 3.55. The van der Waals surface area contributed by atoms with Crippen LogP contribution in [0.15, 0.2) is 18.2 Å². The maximum absolute atomic E-state index is 12.6. The van der Waals surface area contributed by atoms with Crippen molar-refractivity contribution >= 4 is 11.9 Å². The van der Waals surface area contributed by atoms with Crippen molar-refractivity contribution in [2.24, 2.45) is 11.8 Å². The van der Waals surface area contributed by atoms with Gasteiger partial charge >= 0.3 is 5.97 Å². The number of phenols is 1. The van der Waals surface area contributed by atoms with E-state index < -0.39 is 5.97 Å². The molecule has 2 aliphatic heterocycles. The van der Waals surface area contributed by atoms with Gasteiger partial charge in [-0.2, -0.15) is 0 Å². The van der Waals surface area contributed by atoms with Crippen LogP contribution in [0.2, 0.25) is 0 Å². The number of carbonyl (C=O) groups excluding carboxylic acids is 2. The van der Waals surface area contributed by atoms with Gasteiger partial charge in [-0.1, -0.05) is 0 Å². The second-order valence-corrected chi connectivity index (χ2v) is 6.21. The van der Waals surface area contributed by atoms with Crippen molar-refractivity contribution in [1.82, 2.24) is 9.80 Å². The van der Waals surface area contributed by atoms with Gasteiger partial charge in [0.1, 0.15) is 5.75 Å². The van der Waals surface area contributed by atoms with Crippen LogP contribution in [0.3, 0.4) is 0 Å². The summed E-state index contributed by atoms with van der Waals surface area (Å²) in [5.41, 5.74) is 0.513. The van der Waals surface area contributed by atoms with Gasteiger partial charge in [-0.15, -0.1) is 0 Å². The van der Waals surface area contributed by atoms with E-state index in [2.05, 4.69) is 16.7 Å². The molecule has 1 N–H and O–H groups in total. The van der Waals surface area contributed by atoms with Crippen LogP contribution in [0.25, 0.3) is 0 Å². The number of phenolic OH excluding ortho intramolecular Hbond substituents is 1. The molecule has 3 rings (SSSR count). The molecule has 0 radical (unpaired) electrons. The number of fused-ring (bicyclic) bond motifs is 1. The van der Waals surface area contributed by atoms with Gasteiger partial charge in [0.15, 0.2) is 0 Å². The second kappa shape index (κ2) is 5.61. The van der Waals surface area contributed by atoms with Crippen molar-refractivity contribution in [3.8, 4) is 5.75 Å². The summed E-state index contributed by atoms with van der Waals surface area (Å²) in [5.74, 6) is 0.228. The van der Waals surface area contributed by atoms with Crippen molar-refractivity contribution < 1.29 is 19.4 Å². The number of amides is 1. The van der Waals surface area contributed by atoms with Gasteiger partial charge in [0.2, 0.25) is 0 Å². The molecule has 2 heterocycles. The third-order valence-corrected chi connectivity index (χ3v) is 4.54. The minimum atomic E-state index is -0.565. The molecule has 0 saturated carbocycles. The predicted octanol–water partition coefficient (Wildman–Crippen LogP) is 0.812. The van der Waals surface area contributed by atoms with Crippen molar-refractivity contribution in [3.63, 3.8) is 0 Å². The molecule has 6 heteroatoms. The summed E-state index contributed by atoms with van der Waals surface area (Å²) >= 11 is 0. The monoisotopic (exact) mass is 304 g/mol. The van der Waals surface area contributed by atoms with E-state index in [-0.39, 0.29) is 17.2 Å². The first-order valence-electron chi connectivity index (χ1n) is 7.38. The third-order valence-electron chi connectivity index (χ3n) is 4.54. The van der Waals surface area contributed by atoms with Crippen LogP contribution in [0.5, 0.6) is 5.75 Å². The Bertz CT molecular complexity index is 602. The summed E-state index contributed by atoms with van der Waals surface area (Å²) in [6.45, 7) is 3.50. The lowest BCUT2D eigenvalue weighted by atomic mass is 10.0. The number of hydrogen-bond acceptors (Lipinski definition) is 5. The molecule has 1 aromatic carbocycles. The molecule has 0 aromatic heterocycles. The molecule has 2 unspecified atom stereocenters. The minimum absolute atomic E-state index is 0.106. The first-order valence-corrected chi connectivity index (χ1v) is 7.38. The standard InChI is InChI=1S/C16H20N2O4/c1-17-6-12-8-18(9-13(12)7-17)15(20)10-3-11(16(21)22-2)5-14(19)4-10/h3-5,12-13,19H,6-9H2,1-2H3. The summed E-state index contributed by atoms with van der Waals surface area (Å²) in [6, 6.07) is 4.18. The maximum Gasteiger partial charge on any atom is 0.338 e. The number of methoxy groups -OCH3 is 1. The number of esters is 1. The highest BCUT2D eigenvalue weighted by molar-refractivity contribution is 5.98. The highest BCUT2D eigenvalue weighted by atomic mass is 16.5. The molecule has 0 spiro atoms. The molecule has 1 amide bonds. The number of nitrogens with zero attached hydrogens (tertiary/aromatic N) is 2. The van der Waals surface area contributed by atoms with Crippen LogP contribution >= 0.6 is 0 Å². The summed E-state index contributed by atoms with van der Waals surface area (Å²) in [6.07, 6.45) is 0. The summed E-state index contributed by atoms with van der Waals surface area (Å²) in [5, 5.41) is 9.74. The van der Waals surface area contributed by atoms with Crippen molar-refractivity contribution in [2.45, 2.75) is 0 Å². The molecule has 2 fully saturated rings. The fourth-order valence-corrected chi connectivity index (χ4v) is 3.55. The van der Waals surface area contributed by atoms with Gasteiger partial charge in [0, 0.05) is 31.7 Å². The Kier molecular flexibility index (Phi) is 3.78. The summed E-state index contributed by atoms with van der Waals surface area (Å²) in [4.78, 5) is 28.3. The first kappa shape index (κ1) is 14.8. The van der Waals surface area contributed by atoms with E-state index in [4.69, 9.17) is 0 Å². The predicted molar refractivity (Wildman–Crippen MR) is 79.8 cm³/mol. The number of ether oxygens (including phenoxy) is 1. The van der Waals surface area contributed by atoms with Crippen LogP contribution in [0, 0.1) is 11.8 Å². The van der Waals surface area contributed by atoms with Crippen molar-refractivity contribution in [2.75, 3.05) is 40.3 Å². The Labute approximate surface area is 129 Å². The van der Waals surface area contributed by atoms with Gasteiger partial charge in [-0.25, -0.2) is 4.79 Å². The zero-order valence-electron chi connectivity index (χ0n) is 12.8. The highest BCUT2D eigenvalue weighted by Crippen LogP contribution is 2.31. The molecule has 118 valence electrons. The van der Waals surface area contributed by atoms with Crippen molar-refractivity contribution in [3.05, 3.63) is 29.3 Å². The molecule has 0 bridgehead atoms. The average Bonchev–Trinajstić information content (AvgIpc) is 3.02. The summed E-state index contributed by atoms with van der Waals surface area (Å²) in [7, 11) is 3.37. The number of hydrogen-bond donors (Lipinski definition) is 1. The number of aromatic hydroxyl groups is 1. The summed E-state index contributed by atoms with van der Waals surface area (Å²) < 4.78 is 4.64. The molecular weight excluding hydrogens is 284 g/mol. The van der Waals surface area contributed by atoms with E-state index in [0.717, 1.165) is 26.2 Å². The molecule has 6 nitrogen and oxygen atoms in total. The Morgan fingerprint density at radius 1 is 1.09 bits per heavy atom. The second-order valence-electron chi connectivity index (χ2n) is 6.21. The highest BCUT2D eigenvalue weighted by Gasteiger charge is 2.40. The van der Waals surface area contributed by atoms with Gasteiger partial charge in [0.05, 0.1) is 12.7 Å². The van der Waals surface area contributed by atoms with Gasteiger partial charge in [0.25, 0.3) is 5.91 Å². The Morgan fingerprint density at radius 3 is 2.27 bits per heavy atom. The van der Waals surface area contributed by atoms with Crippen LogP contribution in [0.4, 0.5) is 0 Å². The fraction of sp³-hybridized carbons (Fsp3) is 0.500. The third kappa shape index (κ3) is 2.66. The molecule has 2 saturated heterocycles. The number of benzene rings is 1. The van der Waals surface area contributed by atoms with E-state index in [1.807, 2.05) is 4.90 Å². The molecule has 0 aliphatic carbocycles. The zero-order chi connectivity index (χ0) is 15.9. The van der Waals surface area contributed by atoms with Crippen molar-refractivity contribution in [1.29, 1.82) is 0 Å². The maximum atomic E-state index is 12.6. The largest absolute Gasteiger partial charge is 0.508 e. The lowest BCUT2D eigenvalue weighted by Gasteiger charge is -2.19. The zero-order valence-corrected chi connectivity index (χ0v) is 12.8. The van der Waals surface area contributed by atoms with Crippen LogP contribution in [-0.2, 0) is 4.74 Å². The SMILES string of the molecule is COC(=O)c1cc(O)cc(C(=O)N2CC3CN(C)CC3C2)c1. The van der Waals surface area contributed by atoms with Crippen LogP contribution < -0.4 is 0 Å². The molecule has 22 heavy (non-hydrogen) atoms. The quantitative estimate of drug-likeness (QED) is 0.819. The van der Waals surface area contributed by atoms with E-state index in [1.165, 1.54) is 25.3 Å². The first-order chi connectivity index (χ1) is 10.5. The molecule has 2 aliphatic rings. The normalized spacial score (nSPS) is 24.4. The molecule has 1 aromatic rings. The number of carbonyl (C=O) groups is 2. The van der Waals surface area contributed by atoms with E-state index >= 15 is 0 Å². The number of rotatable bonds is 2. The number of likely N-dealkylation sites (tertiary alicyclic amines) is 2. The molecule has 2 atom stereocenters. The Hall–Kier alpha value is -2.08. The van der Waals surface area contributed by atoms with E-state index in [9.17, 15) is 14.7 Å². The van der Waals surface area contributed by atoms with Crippen LogP contribution in [0.1, 0.15) is 20.7 Å². The Morgan fingerprint density at radius 2 is 1.68 bits per heavy atom.